The van der Waals surface area contributed by atoms with E-state index in [1.807, 2.05) is 6.07 Å². The molecule has 0 aromatic carbocycles. The molecule has 13 heteroatoms. The molecule has 0 bridgehead atoms. The molecule has 1 aromatic heterocycles. The van der Waals surface area contributed by atoms with Crippen LogP contribution in [-0.2, 0) is 18.9 Å². The van der Waals surface area contributed by atoms with E-state index in [2.05, 4.69) is 19.9 Å². The summed E-state index contributed by atoms with van der Waals surface area (Å²) in [6.45, 7) is 5.53. The number of rotatable bonds is 6. The lowest BCUT2D eigenvalue weighted by Gasteiger charge is -2.62. The maximum Gasteiger partial charge on any atom is 0.335 e. The molecule has 0 radical (unpaired) electrons. The second-order valence-electron chi connectivity index (χ2n) is 15.9. The third-order valence-electron chi connectivity index (χ3n) is 13.6. The standard InChI is InChI=1S/C36H52O13/c1-17-31(49-33-29(42)27(40)26(39)24(15-37)48-33)28(41)30(43)32(46-17)47-20-8-11-34(2)19(14-20)5-6-23-22(34)9-12-35(3)21(10-13-36(23,35)44)18-4-7-25(38)45-16-18/h4,7,14,16-17,20-24,26-33,37,39-44H,5-6,8-13,15H2,1-3H3/t17-,20+,21-,22+,23-,24+,26-,27+,28-,29-,30-,31+,32-,33+,34+,35-,36+/m1/s1. The van der Waals surface area contributed by atoms with Crippen LogP contribution in [0.1, 0.15) is 83.6 Å². The third kappa shape index (κ3) is 5.68. The van der Waals surface area contributed by atoms with E-state index in [1.54, 1.807) is 13.2 Å². The third-order valence-corrected chi connectivity index (χ3v) is 13.6. The first-order valence-electron chi connectivity index (χ1n) is 17.9. The number of aliphatic hydroxyl groups is 7. The first-order valence-corrected chi connectivity index (χ1v) is 17.9. The lowest BCUT2D eigenvalue weighted by Crippen LogP contribution is -2.64. The average molecular weight is 693 g/mol. The van der Waals surface area contributed by atoms with Gasteiger partial charge in [-0.25, -0.2) is 4.79 Å². The molecule has 49 heavy (non-hydrogen) atoms. The Labute approximate surface area is 285 Å². The summed E-state index contributed by atoms with van der Waals surface area (Å²) in [6.07, 6.45) is -3.69. The highest BCUT2D eigenvalue weighted by molar-refractivity contribution is 5.31. The molecule has 7 rings (SSSR count). The van der Waals surface area contributed by atoms with E-state index >= 15 is 0 Å². The van der Waals surface area contributed by atoms with Gasteiger partial charge in [-0.3, -0.25) is 0 Å². The van der Waals surface area contributed by atoms with Crippen LogP contribution in [0.15, 0.2) is 39.3 Å². The molecule has 2 saturated heterocycles. The number of hydrogen-bond donors (Lipinski definition) is 7. The Morgan fingerprint density at radius 3 is 2.29 bits per heavy atom. The fraction of sp³-hybridized carbons (Fsp3) is 0.806. The van der Waals surface area contributed by atoms with E-state index in [0.29, 0.717) is 18.8 Å². The van der Waals surface area contributed by atoms with Crippen molar-refractivity contribution in [3.63, 3.8) is 0 Å². The van der Waals surface area contributed by atoms with E-state index in [9.17, 15) is 40.5 Å². The van der Waals surface area contributed by atoms with Gasteiger partial charge >= 0.3 is 5.63 Å². The van der Waals surface area contributed by atoms with E-state index in [4.69, 9.17) is 23.4 Å². The summed E-state index contributed by atoms with van der Waals surface area (Å²) >= 11 is 0. The Bertz CT molecular complexity index is 1430. The average Bonchev–Trinajstić information content (AvgIpc) is 3.36. The van der Waals surface area contributed by atoms with E-state index in [0.717, 1.165) is 44.1 Å². The van der Waals surface area contributed by atoms with Crippen LogP contribution in [0.3, 0.4) is 0 Å². The SMILES string of the molecule is C[C@H]1O[C@H](O[C@@H]2C=C3CC[C@@H]4[C@H](CC[C@]5(C)[C@@H](c6ccc(=O)oc6)CC[C@]45O)[C@@]3(C)CC2)[C@H](O)[C@@H](O)[C@H]1O[C@@H]1O[C@@H](CO)[C@@H](O)[C@H](O)[C@H]1O. The van der Waals surface area contributed by atoms with Crippen molar-refractivity contribution in [1.82, 2.24) is 0 Å². The van der Waals surface area contributed by atoms with Crippen molar-refractivity contribution in [3.05, 3.63) is 46.0 Å². The molecule has 5 fully saturated rings. The normalized spacial score (nSPS) is 51.3. The van der Waals surface area contributed by atoms with Crippen LogP contribution in [-0.4, -0.2) is 115 Å². The van der Waals surface area contributed by atoms with Crippen molar-refractivity contribution in [2.24, 2.45) is 22.7 Å². The summed E-state index contributed by atoms with van der Waals surface area (Å²) in [5.41, 5.74) is 0.655. The highest BCUT2D eigenvalue weighted by Gasteiger charge is 2.67. The van der Waals surface area contributed by atoms with Crippen molar-refractivity contribution < 1.29 is 59.1 Å². The Kier molecular flexibility index (Phi) is 9.48. The molecule has 2 aliphatic heterocycles. The van der Waals surface area contributed by atoms with Gasteiger partial charge in [-0.15, -0.1) is 0 Å². The Hall–Kier alpha value is -1.75. The quantitative estimate of drug-likeness (QED) is 0.207. The Morgan fingerprint density at radius 2 is 1.57 bits per heavy atom. The van der Waals surface area contributed by atoms with Gasteiger partial charge in [0.25, 0.3) is 0 Å². The molecule has 274 valence electrons. The van der Waals surface area contributed by atoms with Crippen LogP contribution < -0.4 is 5.63 Å². The van der Waals surface area contributed by atoms with Crippen molar-refractivity contribution >= 4 is 0 Å². The molecule has 17 atom stereocenters. The van der Waals surface area contributed by atoms with E-state index in [-0.39, 0.29) is 34.4 Å². The molecular formula is C36H52O13. The molecule has 3 heterocycles. The number of aliphatic hydroxyl groups excluding tert-OH is 6. The zero-order chi connectivity index (χ0) is 35.0. The monoisotopic (exact) mass is 692 g/mol. The minimum Gasteiger partial charge on any atom is -0.431 e. The predicted molar refractivity (Wildman–Crippen MR) is 171 cm³/mol. The Balaban J connectivity index is 1.01. The van der Waals surface area contributed by atoms with Crippen LogP contribution in [0.4, 0.5) is 0 Å². The second-order valence-corrected chi connectivity index (χ2v) is 15.9. The van der Waals surface area contributed by atoms with Crippen molar-refractivity contribution in [2.75, 3.05) is 6.61 Å². The minimum atomic E-state index is -1.66. The minimum absolute atomic E-state index is 0.110. The lowest BCUT2D eigenvalue weighted by molar-refractivity contribution is -0.357. The summed E-state index contributed by atoms with van der Waals surface area (Å²) < 4.78 is 28.7. The maximum absolute atomic E-state index is 12.5. The highest BCUT2D eigenvalue weighted by atomic mass is 16.7. The van der Waals surface area contributed by atoms with E-state index in [1.165, 1.54) is 11.6 Å². The molecule has 1 aromatic rings. The number of ether oxygens (including phenoxy) is 4. The molecule has 0 spiro atoms. The molecule has 6 aliphatic rings. The lowest BCUT2D eigenvalue weighted by atomic mass is 9.45. The second kappa shape index (κ2) is 13.0. The summed E-state index contributed by atoms with van der Waals surface area (Å²) in [7, 11) is 0. The molecule has 0 amide bonds. The van der Waals surface area contributed by atoms with Crippen LogP contribution >= 0.6 is 0 Å². The largest absolute Gasteiger partial charge is 0.431 e. The zero-order valence-electron chi connectivity index (χ0n) is 28.3. The van der Waals surface area contributed by atoms with Gasteiger partial charge in [0.1, 0.15) is 42.7 Å². The van der Waals surface area contributed by atoms with Crippen LogP contribution in [0.2, 0.25) is 0 Å². The molecule has 7 N–H and O–H groups in total. The van der Waals surface area contributed by atoms with Crippen LogP contribution in [0, 0.1) is 22.7 Å². The van der Waals surface area contributed by atoms with Gasteiger partial charge in [0.05, 0.1) is 30.7 Å². The first kappa shape index (κ1) is 35.6. The maximum atomic E-state index is 12.5. The summed E-state index contributed by atoms with van der Waals surface area (Å²) in [4.78, 5) is 11.6. The van der Waals surface area contributed by atoms with Crippen LogP contribution in [0.25, 0.3) is 0 Å². The van der Waals surface area contributed by atoms with Gasteiger partial charge < -0.3 is 59.1 Å². The highest BCUT2D eigenvalue weighted by Crippen LogP contribution is 2.70. The number of fused-ring (bicyclic) bond motifs is 5. The van der Waals surface area contributed by atoms with Gasteiger partial charge in [0.15, 0.2) is 12.6 Å². The molecule has 4 aliphatic carbocycles. The van der Waals surface area contributed by atoms with Gasteiger partial charge in [-0.2, -0.15) is 0 Å². The van der Waals surface area contributed by atoms with Gasteiger partial charge in [-0.05, 0) is 93.1 Å². The summed E-state index contributed by atoms with van der Waals surface area (Å²) in [5, 5.41) is 74.7. The fourth-order valence-corrected chi connectivity index (χ4v) is 10.7. The number of hydrogen-bond acceptors (Lipinski definition) is 13. The summed E-state index contributed by atoms with van der Waals surface area (Å²) in [5.74, 6) is 0.572. The zero-order valence-corrected chi connectivity index (χ0v) is 28.3. The molecule has 0 unspecified atom stereocenters. The predicted octanol–water partition coefficient (Wildman–Crippen LogP) is 0.838. The number of allylic oxidation sites excluding steroid dienone is 1. The smallest absolute Gasteiger partial charge is 0.335 e. The van der Waals surface area contributed by atoms with E-state index < -0.39 is 73.6 Å². The first-order chi connectivity index (χ1) is 23.2. The summed E-state index contributed by atoms with van der Waals surface area (Å²) in [6, 6.07) is 3.32. The van der Waals surface area contributed by atoms with Crippen LogP contribution in [0.5, 0.6) is 0 Å². The Morgan fingerprint density at radius 1 is 0.837 bits per heavy atom. The van der Waals surface area contributed by atoms with Gasteiger partial charge in [0, 0.05) is 11.5 Å². The molecule has 13 nitrogen and oxygen atoms in total. The van der Waals surface area contributed by atoms with Gasteiger partial charge in [-0.1, -0.05) is 25.5 Å². The topological polar surface area (TPSA) is 209 Å². The molecule has 3 saturated carbocycles. The van der Waals surface area contributed by atoms with Crippen molar-refractivity contribution in [3.8, 4) is 0 Å². The molecular weight excluding hydrogens is 640 g/mol. The fourth-order valence-electron chi connectivity index (χ4n) is 10.7. The van der Waals surface area contributed by atoms with Crippen molar-refractivity contribution in [2.45, 2.75) is 151 Å². The van der Waals surface area contributed by atoms with Crippen molar-refractivity contribution in [1.29, 1.82) is 0 Å². The van der Waals surface area contributed by atoms with Gasteiger partial charge in [0.2, 0.25) is 0 Å².